The van der Waals surface area contributed by atoms with Gasteiger partial charge in [-0.1, -0.05) is 0 Å². The Kier molecular flexibility index (Phi) is 3.41. The summed E-state index contributed by atoms with van der Waals surface area (Å²) in [5.74, 6) is 1.56. The lowest BCUT2D eigenvalue weighted by atomic mass is 10.1. The van der Waals surface area contributed by atoms with Crippen molar-refractivity contribution in [1.29, 1.82) is 0 Å². The largest absolute Gasteiger partial charge is 0.339 e. The maximum absolute atomic E-state index is 4.55. The Morgan fingerprint density at radius 2 is 2.21 bits per heavy atom. The molecular formula is C13H18N6. The normalized spacial score (nSPS) is 16.8. The van der Waals surface area contributed by atoms with Gasteiger partial charge in [0.05, 0.1) is 0 Å². The molecule has 0 aliphatic carbocycles. The van der Waals surface area contributed by atoms with Crippen LogP contribution in [0.25, 0.3) is 11.4 Å². The number of hydrogen-bond acceptors (Lipinski definition) is 5. The Balaban J connectivity index is 1.72. The van der Waals surface area contributed by atoms with Gasteiger partial charge in [-0.15, -0.1) is 5.10 Å². The highest BCUT2D eigenvalue weighted by atomic mass is 15.4. The fourth-order valence-corrected chi connectivity index (χ4v) is 2.39. The minimum Gasteiger partial charge on any atom is -0.339 e. The number of H-pyrrole nitrogens is 1. The van der Waals surface area contributed by atoms with Crippen molar-refractivity contribution in [3.05, 3.63) is 24.5 Å². The highest BCUT2D eigenvalue weighted by Crippen LogP contribution is 2.19. The molecular weight excluding hydrogens is 240 g/mol. The smallest absolute Gasteiger partial charge is 0.245 e. The minimum absolute atomic E-state index is 0.619. The van der Waals surface area contributed by atoms with E-state index in [-0.39, 0.29) is 0 Å². The first kappa shape index (κ1) is 12.1. The average molecular weight is 258 g/mol. The molecule has 6 nitrogen and oxygen atoms in total. The van der Waals surface area contributed by atoms with Crippen molar-refractivity contribution in [1.82, 2.24) is 25.5 Å². The van der Waals surface area contributed by atoms with Crippen molar-refractivity contribution in [2.24, 2.45) is 0 Å². The maximum atomic E-state index is 4.55. The molecule has 3 heterocycles. The molecule has 100 valence electrons. The van der Waals surface area contributed by atoms with Gasteiger partial charge in [0.25, 0.3) is 0 Å². The van der Waals surface area contributed by atoms with E-state index in [1.54, 1.807) is 12.4 Å². The summed E-state index contributed by atoms with van der Waals surface area (Å²) in [7, 11) is 2.02. The molecule has 0 bridgehead atoms. The van der Waals surface area contributed by atoms with Crippen LogP contribution in [0.3, 0.4) is 0 Å². The van der Waals surface area contributed by atoms with Crippen LogP contribution in [-0.4, -0.2) is 46.3 Å². The van der Waals surface area contributed by atoms with Crippen molar-refractivity contribution in [2.45, 2.75) is 18.9 Å². The second-order valence-corrected chi connectivity index (χ2v) is 4.78. The number of pyridine rings is 1. The van der Waals surface area contributed by atoms with Crippen molar-refractivity contribution in [3.8, 4) is 11.4 Å². The second-order valence-electron chi connectivity index (χ2n) is 4.78. The minimum atomic E-state index is 0.619. The van der Waals surface area contributed by atoms with Gasteiger partial charge >= 0.3 is 0 Å². The van der Waals surface area contributed by atoms with Gasteiger partial charge in [-0.3, -0.25) is 10.1 Å². The van der Waals surface area contributed by atoms with E-state index < -0.39 is 0 Å². The number of piperidine rings is 1. The van der Waals surface area contributed by atoms with Crippen LogP contribution in [0, 0.1) is 0 Å². The van der Waals surface area contributed by atoms with Gasteiger partial charge in [0.15, 0.2) is 5.82 Å². The van der Waals surface area contributed by atoms with Gasteiger partial charge in [-0.05, 0) is 32.0 Å². The van der Waals surface area contributed by atoms with Gasteiger partial charge in [-0.25, -0.2) is 0 Å². The summed E-state index contributed by atoms with van der Waals surface area (Å²) < 4.78 is 0. The number of aromatic amines is 1. The zero-order valence-corrected chi connectivity index (χ0v) is 11.0. The molecule has 0 spiro atoms. The van der Waals surface area contributed by atoms with Crippen LogP contribution < -0.4 is 10.2 Å². The lowest BCUT2D eigenvalue weighted by molar-refractivity contribution is 0.439. The van der Waals surface area contributed by atoms with Crippen LogP contribution in [0.15, 0.2) is 24.5 Å². The molecule has 6 heteroatoms. The summed E-state index contributed by atoms with van der Waals surface area (Å²) in [6.45, 7) is 1.99. The molecule has 0 radical (unpaired) electrons. The highest BCUT2D eigenvalue weighted by molar-refractivity contribution is 5.54. The van der Waals surface area contributed by atoms with Gasteiger partial charge < -0.3 is 10.2 Å². The van der Waals surface area contributed by atoms with Crippen LogP contribution >= 0.6 is 0 Å². The molecule has 1 aliphatic rings. The SMILES string of the molecule is CNC1CCN(c2n[nH]c(-c3cccnc3)n2)CC1. The number of hydrogen-bond donors (Lipinski definition) is 2. The summed E-state index contributed by atoms with van der Waals surface area (Å²) in [4.78, 5) is 10.9. The van der Waals surface area contributed by atoms with E-state index >= 15 is 0 Å². The molecule has 1 aliphatic heterocycles. The van der Waals surface area contributed by atoms with Crippen LogP contribution in [-0.2, 0) is 0 Å². The van der Waals surface area contributed by atoms with Crippen molar-refractivity contribution >= 4 is 5.95 Å². The van der Waals surface area contributed by atoms with E-state index in [4.69, 9.17) is 0 Å². The van der Waals surface area contributed by atoms with Crippen LogP contribution in [0.1, 0.15) is 12.8 Å². The molecule has 0 atom stereocenters. The fourth-order valence-electron chi connectivity index (χ4n) is 2.39. The van der Waals surface area contributed by atoms with Crippen molar-refractivity contribution in [3.63, 3.8) is 0 Å². The number of rotatable bonds is 3. The predicted molar refractivity (Wildman–Crippen MR) is 73.9 cm³/mol. The maximum Gasteiger partial charge on any atom is 0.245 e. The first-order valence-corrected chi connectivity index (χ1v) is 6.62. The third-order valence-corrected chi connectivity index (χ3v) is 3.59. The van der Waals surface area contributed by atoms with Crippen molar-refractivity contribution < 1.29 is 0 Å². The summed E-state index contributed by atoms with van der Waals surface area (Å²) >= 11 is 0. The molecule has 1 saturated heterocycles. The fraction of sp³-hybridized carbons (Fsp3) is 0.462. The third-order valence-electron chi connectivity index (χ3n) is 3.59. The molecule has 19 heavy (non-hydrogen) atoms. The Hall–Kier alpha value is -1.95. The zero-order valence-electron chi connectivity index (χ0n) is 11.0. The van der Waals surface area contributed by atoms with Gasteiger partial charge in [-0.2, -0.15) is 4.98 Å². The summed E-state index contributed by atoms with van der Waals surface area (Å²) in [5, 5.41) is 10.6. The summed E-state index contributed by atoms with van der Waals surface area (Å²) in [6, 6.07) is 4.49. The molecule has 1 fully saturated rings. The molecule has 2 aromatic heterocycles. The third kappa shape index (κ3) is 2.58. The standard InChI is InChI=1S/C13H18N6/c1-14-11-4-7-19(8-5-11)13-16-12(17-18-13)10-3-2-6-15-9-10/h2-3,6,9,11,14H,4-5,7-8H2,1H3,(H,16,17,18). The second kappa shape index (κ2) is 5.36. The number of nitrogens with zero attached hydrogens (tertiary/aromatic N) is 4. The molecule has 0 unspecified atom stereocenters. The van der Waals surface area contributed by atoms with Crippen LogP contribution in [0.2, 0.25) is 0 Å². The first-order chi connectivity index (χ1) is 9.36. The van der Waals surface area contributed by atoms with E-state index in [9.17, 15) is 0 Å². The Labute approximate surface area is 112 Å². The average Bonchev–Trinajstić information content (AvgIpc) is 2.98. The van der Waals surface area contributed by atoms with Gasteiger partial charge in [0.1, 0.15) is 0 Å². The summed E-state index contributed by atoms with van der Waals surface area (Å²) in [6.07, 6.45) is 5.81. The Morgan fingerprint density at radius 1 is 1.37 bits per heavy atom. The van der Waals surface area contributed by atoms with E-state index in [0.29, 0.717) is 6.04 Å². The molecule has 0 amide bonds. The Morgan fingerprint density at radius 3 is 2.89 bits per heavy atom. The van der Waals surface area contributed by atoms with Crippen molar-refractivity contribution in [2.75, 3.05) is 25.0 Å². The van der Waals surface area contributed by atoms with Crippen LogP contribution in [0.4, 0.5) is 5.95 Å². The number of aromatic nitrogens is 4. The van der Waals surface area contributed by atoms with E-state index in [0.717, 1.165) is 43.3 Å². The quantitative estimate of drug-likeness (QED) is 0.861. The monoisotopic (exact) mass is 258 g/mol. The lowest BCUT2D eigenvalue weighted by Gasteiger charge is -2.30. The van der Waals surface area contributed by atoms with Gasteiger partial charge in [0.2, 0.25) is 5.95 Å². The molecule has 3 rings (SSSR count). The first-order valence-electron chi connectivity index (χ1n) is 6.62. The van der Waals surface area contributed by atoms with Gasteiger partial charge in [0, 0.05) is 37.1 Å². The van der Waals surface area contributed by atoms with Crippen LogP contribution in [0.5, 0.6) is 0 Å². The molecule has 2 N–H and O–H groups in total. The number of nitrogens with one attached hydrogen (secondary N) is 2. The summed E-state index contributed by atoms with van der Waals surface area (Å²) in [5.41, 5.74) is 0.964. The van der Waals surface area contributed by atoms with E-state index in [1.807, 2.05) is 19.2 Å². The highest BCUT2D eigenvalue weighted by Gasteiger charge is 2.20. The molecule has 0 saturated carbocycles. The van der Waals surface area contributed by atoms with E-state index in [1.165, 1.54) is 0 Å². The predicted octanol–water partition coefficient (Wildman–Crippen LogP) is 1.05. The molecule has 2 aromatic rings. The lowest BCUT2D eigenvalue weighted by Crippen LogP contribution is -2.41. The molecule has 0 aromatic carbocycles. The van der Waals surface area contributed by atoms with E-state index in [2.05, 4.69) is 30.4 Å². The zero-order chi connectivity index (χ0) is 13.1. The number of anilines is 1. The topological polar surface area (TPSA) is 69.7 Å². The Bertz CT molecular complexity index is 515.